The minimum Gasteiger partial charge on any atom is -0.385 e. The fourth-order valence-corrected chi connectivity index (χ4v) is 6.13. The van der Waals surface area contributed by atoms with E-state index in [1.807, 2.05) is 0 Å². The zero-order valence-electron chi connectivity index (χ0n) is 15.9. The number of halogens is 3. The fourth-order valence-electron chi connectivity index (χ4n) is 6.13. The van der Waals surface area contributed by atoms with Crippen LogP contribution in [0.1, 0.15) is 44.1 Å². The average molecular weight is 408 g/mol. The Bertz CT molecular complexity index is 904. The monoisotopic (exact) mass is 408 g/mol. The highest BCUT2D eigenvalue weighted by molar-refractivity contribution is 5.78. The highest BCUT2D eigenvalue weighted by Crippen LogP contribution is 2.59. The number of fused-ring (bicyclic) bond motifs is 1. The Labute approximate surface area is 165 Å². The van der Waals surface area contributed by atoms with Crippen molar-refractivity contribution in [3.8, 4) is 0 Å². The van der Waals surface area contributed by atoms with Gasteiger partial charge in [0.15, 0.2) is 6.61 Å². The molecule has 0 unspecified atom stereocenters. The van der Waals surface area contributed by atoms with Gasteiger partial charge in [0.25, 0.3) is 5.91 Å². The first-order valence-electron chi connectivity index (χ1n) is 10.1. The molecule has 1 aromatic heterocycles. The second-order valence-corrected chi connectivity index (χ2v) is 9.13. The van der Waals surface area contributed by atoms with Crippen LogP contribution < -0.4 is 10.2 Å². The second-order valence-electron chi connectivity index (χ2n) is 9.13. The van der Waals surface area contributed by atoms with Crippen LogP contribution in [-0.4, -0.2) is 34.2 Å². The van der Waals surface area contributed by atoms with Crippen LogP contribution in [0, 0.1) is 23.2 Å². The fraction of sp³-hybridized carbons (Fsp3) is 0.650. The van der Waals surface area contributed by atoms with E-state index >= 15 is 0 Å². The Balaban J connectivity index is 1.20. The molecule has 6 rings (SSSR count). The lowest BCUT2D eigenvalue weighted by Crippen LogP contribution is -2.51. The molecular formula is C20H23F3N4O2. The number of nitrogens with one attached hydrogen (secondary N) is 1. The Hall–Kier alpha value is -2.32. The number of benzene rings is 1. The van der Waals surface area contributed by atoms with E-state index in [-0.39, 0.29) is 29.0 Å². The molecule has 4 aliphatic carbocycles. The average Bonchev–Trinajstić information content (AvgIpc) is 3.05. The first kappa shape index (κ1) is 18.7. The third-order valence-electron chi connectivity index (χ3n) is 6.89. The topological polar surface area (TPSA) is 69.0 Å². The number of nitrogens with zero attached hydrogens (tertiary/aromatic N) is 3. The molecule has 4 bridgehead atoms. The summed E-state index contributed by atoms with van der Waals surface area (Å²) >= 11 is 0. The molecule has 0 spiro atoms. The summed E-state index contributed by atoms with van der Waals surface area (Å²) in [6.45, 7) is 0.329. The van der Waals surface area contributed by atoms with Crippen LogP contribution in [0.15, 0.2) is 18.2 Å². The van der Waals surface area contributed by atoms with Gasteiger partial charge in [-0.15, -0.1) is 5.10 Å². The molecule has 0 aliphatic heterocycles. The van der Waals surface area contributed by atoms with Crippen LogP contribution in [0.5, 0.6) is 0 Å². The number of hydrogen-bond acceptors (Lipinski definition) is 4. The molecule has 0 radical (unpaired) electrons. The van der Waals surface area contributed by atoms with Gasteiger partial charge in [-0.1, -0.05) is 4.85 Å². The van der Waals surface area contributed by atoms with Gasteiger partial charge in [0.1, 0.15) is 11.0 Å². The molecule has 1 N–H and O–H groups in total. The zero-order chi connectivity index (χ0) is 20.2. The summed E-state index contributed by atoms with van der Waals surface area (Å²) in [4.78, 5) is 18.5. The molecule has 1 aromatic carbocycles. The molecule has 6 nitrogen and oxygen atoms in total. The van der Waals surface area contributed by atoms with Crippen molar-refractivity contribution in [3.63, 3.8) is 0 Å². The van der Waals surface area contributed by atoms with E-state index in [0.717, 1.165) is 34.7 Å². The molecule has 29 heavy (non-hydrogen) atoms. The molecule has 4 fully saturated rings. The quantitative estimate of drug-likeness (QED) is 0.825. The smallest absolute Gasteiger partial charge is 0.385 e. The third kappa shape index (κ3) is 3.55. The Morgan fingerprint density at radius 1 is 1.17 bits per heavy atom. The molecule has 1 amide bonds. The molecule has 4 saturated carbocycles. The highest BCUT2D eigenvalue weighted by Gasteiger charge is 2.50. The van der Waals surface area contributed by atoms with Gasteiger partial charge in [-0.25, -0.2) is 0 Å². The van der Waals surface area contributed by atoms with Crippen LogP contribution in [-0.2, 0) is 11.0 Å². The zero-order valence-corrected chi connectivity index (χ0v) is 15.9. The predicted molar refractivity (Wildman–Crippen MR) is 97.6 cm³/mol. The van der Waals surface area contributed by atoms with Gasteiger partial charge >= 0.3 is 6.18 Å². The van der Waals surface area contributed by atoms with Gasteiger partial charge in [-0.2, -0.15) is 13.2 Å². The summed E-state index contributed by atoms with van der Waals surface area (Å²) in [5, 5.41) is 10.5. The van der Waals surface area contributed by atoms with Crippen molar-refractivity contribution < 1.29 is 22.8 Å². The Morgan fingerprint density at radius 3 is 2.45 bits per heavy atom. The summed E-state index contributed by atoms with van der Waals surface area (Å²) in [5.41, 5.74) is -0.254. The summed E-state index contributed by atoms with van der Waals surface area (Å²) in [7, 11) is 0. The molecule has 0 atom stereocenters. The molecular weight excluding hydrogens is 385 g/mol. The van der Waals surface area contributed by atoms with E-state index in [9.17, 15) is 18.0 Å². The number of rotatable bonds is 5. The number of aromatic nitrogens is 3. The highest BCUT2D eigenvalue weighted by atomic mass is 19.4. The van der Waals surface area contributed by atoms with Gasteiger partial charge in [-0.3, -0.25) is 4.79 Å². The van der Waals surface area contributed by atoms with Gasteiger partial charge in [0.2, 0.25) is 0 Å². The van der Waals surface area contributed by atoms with Gasteiger partial charge < -0.3 is 10.2 Å². The normalized spacial score (nSPS) is 30.7. The first-order valence-corrected chi connectivity index (χ1v) is 10.1. The van der Waals surface area contributed by atoms with E-state index in [0.29, 0.717) is 6.54 Å². The number of carbonyl (C=O) groups excluding carboxylic acids is 1. The summed E-state index contributed by atoms with van der Waals surface area (Å²) in [6, 6.07) is 3.10. The van der Waals surface area contributed by atoms with Gasteiger partial charge in [0, 0.05) is 6.54 Å². The van der Waals surface area contributed by atoms with E-state index in [4.69, 9.17) is 4.84 Å². The molecule has 4 aliphatic rings. The number of alkyl halides is 3. The van der Waals surface area contributed by atoms with Crippen molar-refractivity contribution in [2.45, 2.75) is 44.7 Å². The number of amides is 1. The SMILES string of the molecule is O=C(COn1nnc2ccc(C(F)(F)F)cc21)NCC12CC3CC(CC(C3)C1)C2. The van der Waals surface area contributed by atoms with Crippen LogP contribution in [0.3, 0.4) is 0 Å². The molecule has 156 valence electrons. The van der Waals surface area contributed by atoms with Crippen molar-refractivity contribution in [1.82, 2.24) is 20.5 Å². The maximum absolute atomic E-state index is 12.9. The van der Waals surface area contributed by atoms with Crippen LogP contribution in [0.4, 0.5) is 13.2 Å². The van der Waals surface area contributed by atoms with E-state index < -0.39 is 11.7 Å². The molecule has 1 heterocycles. The maximum atomic E-state index is 12.9. The van der Waals surface area contributed by atoms with E-state index in [2.05, 4.69) is 15.6 Å². The lowest BCUT2D eigenvalue weighted by atomic mass is 9.49. The second kappa shape index (κ2) is 6.60. The molecule has 9 heteroatoms. The van der Waals surface area contributed by atoms with Crippen molar-refractivity contribution in [3.05, 3.63) is 23.8 Å². The molecule has 2 aromatic rings. The van der Waals surface area contributed by atoms with Crippen molar-refractivity contribution in [2.24, 2.45) is 23.2 Å². The van der Waals surface area contributed by atoms with Crippen LogP contribution in [0.25, 0.3) is 11.0 Å². The Morgan fingerprint density at radius 2 is 1.83 bits per heavy atom. The summed E-state index contributed by atoms with van der Waals surface area (Å²) in [6.07, 6.45) is 3.12. The van der Waals surface area contributed by atoms with E-state index in [1.165, 1.54) is 44.6 Å². The standard InChI is InChI=1S/C20H23F3N4O2/c21-20(22,23)15-1-2-16-17(6-15)27(26-25-16)29-10-18(28)24-11-19-7-12-3-13(8-19)5-14(4-12)9-19/h1-2,6,12-14H,3-5,7-11H2,(H,24,28). The lowest BCUT2D eigenvalue weighted by molar-refractivity contribution is -0.137. The summed E-state index contributed by atoms with van der Waals surface area (Å²) < 4.78 is 38.8. The van der Waals surface area contributed by atoms with Crippen molar-refractivity contribution in [1.29, 1.82) is 0 Å². The first-order chi connectivity index (χ1) is 13.8. The van der Waals surface area contributed by atoms with Crippen LogP contribution in [0.2, 0.25) is 0 Å². The van der Waals surface area contributed by atoms with Gasteiger partial charge in [0.05, 0.1) is 5.56 Å². The number of hydrogen-bond donors (Lipinski definition) is 1. The van der Waals surface area contributed by atoms with Crippen LogP contribution >= 0.6 is 0 Å². The molecule has 0 saturated heterocycles. The minimum atomic E-state index is -4.47. The largest absolute Gasteiger partial charge is 0.416 e. The maximum Gasteiger partial charge on any atom is 0.416 e. The van der Waals surface area contributed by atoms with Crippen molar-refractivity contribution >= 4 is 16.9 Å². The summed E-state index contributed by atoms with van der Waals surface area (Å²) in [5.74, 6) is 2.12. The Kier molecular flexibility index (Phi) is 4.25. The van der Waals surface area contributed by atoms with E-state index in [1.54, 1.807) is 0 Å². The minimum absolute atomic E-state index is 0.0775. The van der Waals surface area contributed by atoms with Gasteiger partial charge in [-0.05, 0) is 85.1 Å². The van der Waals surface area contributed by atoms with Crippen molar-refractivity contribution in [2.75, 3.05) is 13.2 Å². The predicted octanol–water partition coefficient (Wildman–Crippen LogP) is 3.21. The lowest BCUT2D eigenvalue weighted by Gasteiger charge is -2.56. The number of carbonyl (C=O) groups is 1. The third-order valence-corrected chi connectivity index (χ3v) is 6.89.